The molecule has 2 atom stereocenters. The molecule has 2 aliphatic rings. The molecule has 4 rings (SSSR count). The van der Waals surface area contributed by atoms with Gasteiger partial charge in [-0.3, -0.25) is 0 Å². The molecule has 0 spiro atoms. The van der Waals surface area contributed by atoms with E-state index in [9.17, 15) is 0 Å². The van der Waals surface area contributed by atoms with Gasteiger partial charge in [-0.05, 0) is 90.2 Å². The first-order valence-corrected chi connectivity index (χ1v) is 12.7. The van der Waals surface area contributed by atoms with Crippen molar-refractivity contribution >= 4 is 5.57 Å². The Bertz CT molecular complexity index is 1040. The molecule has 170 valence electrons. The van der Waals surface area contributed by atoms with Gasteiger partial charge in [0.1, 0.15) is 0 Å². The summed E-state index contributed by atoms with van der Waals surface area (Å²) in [4.78, 5) is 0. The molecule has 0 heteroatoms. The third-order valence-corrected chi connectivity index (χ3v) is 7.77. The van der Waals surface area contributed by atoms with Gasteiger partial charge in [-0.25, -0.2) is 0 Å². The van der Waals surface area contributed by atoms with E-state index in [2.05, 4.69) is 100 Å². The fourth-order valence-electron chi connectivity index (χ4n) is 5.67. The van der Waals surface area contributed by atoms with Gasteiger partial charge in [0, 0.05) is 11.5 Å². The van der Waals surface area contributed by atoms with Crippen LogP contribution in [0.5, 0.6) is 0 Å². The molecule has 0 amide bonds. The normalized spacial score (nSPS) is 23.2. The van der Waals surface area contributed by atoms with Gasteiger partial charge in [-0.15, -0.1) is 6.42 Å². The third kappa shape index (κ3) is 5.59. The Kier molecular flexibility index (Phi) is 7.39. The van der Waals surface area contributed by atoms with Crippen molar-refractivity contribution in [2.45, 2.75) is 58.8 Å². The highest BCUT2D eigenvalue weighted by Crippen LogP contribution is 2.44. The monoisotopic (exact) mass is 434 g/mol. The largest absolute Gasteiger partial charge is 0.115 e. The molecule has 0 bridgehead atoms. The van der Waals surface area contributed by atoms with Crippen LogP contribution in [0.3, 0.4) is 0 Å². The van der Waals surface area contributed by atoms with Crippen molar-refractivity contribution in [3.63, 3.8) is 0 Å². The van der Waals surface area contributed by atoms with Crippen molar-refractivity contribution < 1.29 is 0 Å². The first-order valence-electron chi connectivity index (χ1n) is 12.7. The van der Waals surface area contributed by atoms with Crippen LogP contribution in [0.4, 0.5) is 0 Å². The number of allylic oxidation sites excluding steroid dienone is 5. The molecule has 1 saturated carbocycles. The highest BCUT2D eigenvalue weighted by atomic mass is 14.4. The topological polar surface area (TPSA) is 0 Å². The van der Waals surface area contributed by atoms with Crippen LogP contribution in [-0.4, -0.2) is 0 Å². The molecule has 0 nitrogen and oxygen atoms in total. The van der Waals surface area contributed by atoms with E-state index in [0.717, 1.165) is 11.5 Å². The van der Waals surface area contributed by atoms with Gasteiger partial charge in [0.2, 0.25) is 0 Å². The molecular weight excluding hydrogens is 396 g/mol. The van der Waals surface area contributed by atoms with Gasteiger partial charge < -0.3 is 0 Å². The predicted molar refractivity (Wildman–Crippen MR) is 143 cm³/mol. The quantitative estimate of drug-likeness (QED) is 0.302. The molecule has 1 fully saturated rings. The zero-order valence-electron chi connectivity index (χ0n) is 20.6. The first-order chi connectivity index (χ1) is 15.9. The average Bonchev–Trinajstić information content (AvgIpc) is 3.27. The second kappa shape index (κ2) is 10.4. The number of benzene rings is 2. The molecular formula is C33H38. The van der Waals surface area contributed by atoms with Crippen LogP contribution in [0.1, 0.15) is 74.6 Å². The Labute approximate surface area is 201 Å². The summed E-state index contributed by atoms with van der Waals surface area (Å²) < 4.78 is 0. The summed E-state index contributed by atoms with van der Waals surface area (Å²) in [7, 11) is 0. The van der Waals surface area contributed by atoms with Crippen molar-refractivity contribution in [3.8, 4) is 12.3 Å². The Hall–Kier alpha value is -2.78. The summed E-state index contributed by atoms with van der Waals surface area (Å²) in [6, 6.07) is 17.9. The van der Waals surface area contributed by atoms with E-state index >= 15 is 0 Å². The molecule has 0 aliphatic heterocycles. The van der Waals surface area contributed by atoms with Gasteiger partial charge in [0.15, 0.2) is 0 Å². The second-order valence-electron chi connectivity index (χ2n) is 10.5. The molecule has 2 unspecified atom stereocenters. The fraction of sp³-hybridized carbons (Fsp3) is 0.394. The smallest absolute Gasteiger partial charge is 0.0242 e. The predicted octanol–water partition coefficient (Wildman–Crippen LogP) is 8.60. The number of terminal acetylenes is 1. The minimum Gasteiger partial charge on any atom is -0.115 e. The number of hydrogen-bond acceptors (Lipinski definition) is 0. The van der Waals surface area contributed by atoms with Gasteiger partial charge in [0.05, 0.1) is 0 Å². The SMILES string of the molecule is C#Cc1ccc(CC2CCC(C(C(=C)C(C)C)c3ccc(C4=CC(C)C=C4)cc3)CC2)cc1. The van der Waals surface area contributed by atoms with E-state index in [4.69, 9.17) is 6.42 Å². The van der Waals surface area contributed by atoms with E-state index in [-0.39, 0.29) is 0 Å². The van der Waals surface area contributed by atoms with Crippen LogP contribution >= 0.6 is 0 Å². The zero-order valence-corrected chi connectivity index (χ0v) is 20.6. The molecule has 0 saturated heterocycles. The maximum Gasteiger partial charge on any atom is 0.0242 e. The summed E-state index contributed by atoms with van der Waals surface area (Å²) in [5.41, 5.74) is 7.90. The molecule has 2 aliphatic carbocycles. The maximum absolute atomic E-state index is 5.50. The Balaban J connectivity index is 1.44. The van der Waals surface area contributed by atoms with Crippen LogP contribution in [0.25, 0.3) is 5.57 Å². The van der Waals surface area contributed by atoms with Crippen LogP contribution in [0.2, 0.25) is 0 Å². The minimum absolute atomic E-state index is 0.460. The molecule has 0 heterocycles. The van der Waals surface area contributed by atoms with Crippen LogP contribution in [-0.2, 0) is 6.42 Å². The van der Waals surface area contributed by atoms with Gasteiger partial charge in [-0.2, -0.15) is 0 Å². The third-order valence-electron chi connectivity index (χ3n) is 7.77. The van der Waals surface area contributed by atoms with E-state index in [1.807, 2.05) is 0 Å². The van der Waals surface area contributed by atoms with E-state index in [0.29, 0.717) is 23.7 Å². The van der Waals surface area contributed by atoms with E-state index in [1.165, 1.54) is 59.9 Å². The maximum atomic E-state index is 5.50. The lowest BCUT2D eigenvalue weighted by molar-refractivity contribution is 0.249. The number of hydrogen-bond donors (Lipinski definition) is 0. The summed E-state index contributed by atoms with van der Waals surface area (Å²) in [6.45, 7) is 11.4. The van der Waals surface area contributed by atoms with Crippen molar-refractivity contribution in [1.82, 2.24) is 0 Å². The summed E-state index contributed by atoms with van der Waals surface area (Å²) >= 11 is 0. The van der Waals surface area contributed by atoms with Gasteiger partial charge in [0.25, 0.3) is 0 Å². The first kappa shape index (κ1) is 23.4. The van der Waals surface area contributed by atoms with Gasteiger partial charge in [-0.1, -0.05) is 93.5 Å². The highest BCUT2D eigenvalue weighted by molar-refractivity contribution is 5.76. The molecule has 2 aromatic carbocycles. The lowest BCUT2D eigenvalue weighted by atomic mass is 9.68. The Morgan fingerprint density at radius 2 is 1.67 bits per heavy atom. The highest BCUT2D eigenvalue weighted by Gasteiger charge is 2.31. The Morgan fingerprint density at radius 1 is 1.00 bits per heavy atom. The van der Waals surface area contributed by atoms with Crippen LogP contribution in [0, 0.1) is 36.0 Å². The lowest BCUT2D eigenvalue weighted by Crippen LogP contribution is -2.24. The van der Waals surface area contributed by atoms with Crippen molar-refractivity contribution in [3.05, 3.63) is 101 Å². The summed E-state index contributed by atoms with van der Waals surface area (Å²) in [5.74, 6) is 5.69. The fourth-order valence-corrected chi connectivity index (χ4v) is 5.67. The Morgan fingerprint density at radius 3 is 2.21 bits per heavy atom. The second-order valence-corrected chi connectivity index (χ2v) is 10.5. The molecule has 33 heavy (non-hydrogen) atoms. The van der Waals surface area contributed by atoms with Crippen LogP contribution < -0.4 is 0 Å². The molecule has 0 radical (unpaired) electrons. The zero-order chi connectivity index (χ0) is 23.4. The summed E-state index contributed by atoms with van der Waals surface area (Å²) in [6.07, 6.45) is 18.7. The standard InChI is InChI=1S/C33H38/c1-6-26-8-10-27(11-9-26)22-28-12-15-30(16-13-28)33(25(5)23(2)3)31-19-17-29(18-20-31)32-14-7-24(4)21-32/h1,7-11,14,17-21,23-24,28,30,33H,5,12-13,15-16,22H2,2-4H3. The van der Waals surface area contributed by atoms with Gasteiger partial charge >= 0.3 is 0 Å². The van der Waals surface area contributed by atoms with Crippen molar-refractivity contribution in [1.29, 1.82) is 0 Å². The van der Waals surface area contributed by atoms with Crippen molar-refractivity contribution in [2.75, 3.05) is 0 Å². The lowest BCUT2D eigenvalue weighted by Gasteiger charge is -2.36. The molecule has 0 N–H and O–H groups in total. The summed E-state index contributed by atoms with van der Waals surface area (Å²) in [5, 5.41) is 0. The average molecular weight is 435 g/mol. The van der Waals surface area contributed by atoms with Crippen molar-refractivity contribution in [2.24, 2.45) is 23.7 Å². The molecule has 2 aromatic rings. The molecule has 0 aromatic heterocycles. The van der Waals surface area contributed by atoms with E-state index < -0.39 is 0 Å². The van der Waals surface area contributed by atoms with Crippen LogP contribution in [0.15, 0.2) is 78.9 Å². The van der Waals surface area contributed by atoms with E-state index in [1.54, 1.807) is 0 Å². The number of rotatable bonds is 7. The minimum atomic E-state index is 0.460.